The number of hydrogen-bond acceptors (Lipinski definition) is 3. The van der Waals surface area contributed by atoms with Crippen molar-refractivity contribution in [2.45, 2.75) is 26.2 Å². The molecule has 76 valence electrons. The molecule has 14 heavy (non-hydrogen) atoms. The fourth-order valence-corrected chi connectivity index (χ4v) is 1.51. The molecule has 0 amide bonds. The van der Waals surface area contributed by atoms with Crippen molar-refractivity contribution in [2.24, 2.45) is 0 Å². The first-order chi connectivity index (χ1) is 6.70. The van der Waals surface area contributed by atoms with Crippen molar-refractivity contribution in [2.75, 3.05) is 7.11 Å². The Kier molecular flexibility index (Phi) is 3.63. The summed E-state index contributed by atoms with van der Waals surface area (Å²) in [6.07, 6.45) is 2.44. The predicted octanol–water partition coefficient (Wildman–Crippen LogP) is 2.17. The summed E-state index contributed by atoms with van der Waals surface area (Å²) in [6, 6.07) is 3.63. The van der Waals surface area contributed by atoms with Crippen LogP contribution in [0.2, 0.25) is 0 Å². The van der Waals surface area contributed by atoms with E-state index in [9.17, 15) is 4.79 Å². The molecule has 1 rings (SSSR count). The van der Waals surface area contributed by atoms with Crippen LogP contribution in [0.3, 0.4) is 0 Å². The second-order valence-corrected chi connectivity index (χ2v) is 3.16. The highest BCUT2D eigenvalue weighted by molar-refractivity contribution is 5.83. The Morgan fingerprint density at radius 2 is 2.36 bits per heavy atom. The Morgan fingerprint density at radius 1 is 1.64 bits per heavy atom. The molecule has 0 aromatic carbocycles. The molecular formula is C11H15NO2. The van der Waals surface area contributed by atoms with Crippen molar-refractivity contribution in [3.8, 4) is 5.75 Å². The molecule has 0 fully saturated rings. The largest absolute Gasteiger partial charge is 0.495 e. The molecular weight excluding hydrogens is 178 g/mol. The quantitative estimate of drug-likeness (QED) is 0.735. The zero-order chi connectivity index (χ0) is 10.6. The average molecular weight is 193 g/mol. The molecule has 0 radical (unpaired) electrons. The number of pyridine rings is 1. The van der Waals surface area contributed by atoms with E-state index in [1.165, 1.54) is 0 Å². The first-order valence-corrected chi connectivity index (χ1v) is 4.70. The maximum absolute atomic E-state index is 11.3. The molecule has 0 aliphatic rings. The number of aromatic nitrogens is 1. The fourth-order valence-electron chi connectivity index (χ4n) is 1.51. The van der Waals surface area contributed by atoms with Gasteiger partial charge in [-0.05, 0) is 25.5 Å². The van der Waals surface area contributed by atoms with E-state index in [0.717, 1.165) is 12.1 Å². The average Bonchev–Trinajstić information content (AvgIpc) is 2.19. The summed E-state index contributed by atoms with van der Waals surface area (Å²) in [5.74, 6) is 0.671. The number of carbonyl (C=O) groups excluding carboxylic acids is 1. The van der Waals surface area contributed by atoms with Crippen LogP contribution in [-0.2, 0) is 4.79 Å². The van der Waals surface area contributed by atoms with Crippen molar-refractivity contribution in [3.05, 3.63) is 24.0 Å². The first kappa shape index (κ1) is 10.7. The molecule has 1 aromatic rings. The first-order valence-electron chi connectivity index (χ1n) is 4.70. The van der Waals surface area contributed by atoms with Crippen molar-refractivity contribution >= 4 is 5.78 Å². The van der Waals surface area contributed by atoms with Crippen LogP contribution in [0.4, 0.5) is 0 Å². The third kappa shape index (κ3) is 2.10. The highest BCUT2D eigenvalue weighted by Gasteiger charge is 2.19. The molecule has 1 heterocycles. The van der Waals surface area contributed by atoms with Gasteiger partial charge in [0.15, 0.2) is 0 Å². The van der Waals surface area contributed by atoms with Crippen LogP contribution in [0.15, 0.2) is 18.3 Å². The van der Waals surface area contributed by atoms with Crippen LogP contribution < -0.4 is 4.74 Å². The zero-order valence-electron chi connectivity index (χ0n) is 8.78. The van der Waals surface area contributed by atoms with Crippen LogP contribution in [-0.4, -0.2) is 17.9 Å². The zero-order valence-corrected chi connectivity index (χ0v) is 8.78. The Balaban J connectivity index is 3.08. The minimum atomic E-state index is -0.147. The van der Waals surface area contributed by atoms with Crippen LogP contribution in [0.25, 0.3) is 0 Å². The number of Topliss-reactive ketones (excluding diaryl/α,β-unsaturated/α-hetero) is 1. The van der Waals surface area contributed by atoms with E-state index in [1.54, 1.807) is 26.3 Å². The Morgan fingerprint density at radius 3 is 2.86 bits per heavy atom. The lowest BCUT2D eigenvalue weighted by Gasteiger charge is -2.13. The summed E-state index contributed by atoms with van der Waals surface area (Å²) in [6.45, 7) is 3.56. The third-order valence-electron chi connectivity index (χ3n) is 2.25. The predicted molar refractivity (Wildman–Crippen MR) is 54.5 cm³/mol. The van der Waals surface area contributed by atoms with Gasteiger partial charge in [-0.3, -0.25) is 9.78 Å². The topological polar surface area (TPSA) is 39.2 Å². The summed E-state index contributed by atoms with van der Waals surface area (Å²) >= 11 is 0. The number of hydrogen-bond donors (Lipinski definition) is 0. The minimum Gasteiger partial charge on any atom is -0.495 e. The van der Waals surface area contributed by atoms with Crippen LogP contribution in [0.5, 0.6) is 5.75 Å². The van der Waals surface area contributed by atoms with Gasteiger partial charge in [0.2, 0.25) is 0 Å². The third-order valence-corrected chi connectivity index (χ3v) is 2.25. The molecule has 1 atom stereocenters. The Bertz CT molecular complexity index is 323. The summed E-state index contributed by atoms with van der Waals surface area (Å²) in [4.78, 5) is 15.5. The van der Waals surface area contributed by atoms with Crippen LogP contribution in [0, 0.1) is 0 Å². The lowest BCUT2D eigenvalue weighted by molar-refractivity contribution is -0.118. The van der Waals surface area contributed by atoms with E-state index < -0.39 is 0 Å². The van der Waals surface area contributed by atoms with Crippen LogP contribution in [0.1, 0.15) is 31.9 Å². The molecule has 0 aliphatic carbocycles. The molecule has 1 aromatic heterocycles. The van der Waals surface area contributed by atoms with E-state index >= 15 is 0 Å². The maximum atomic E-state index is 11.3. The lowest BCUT2D eigenvalue weighted by Crippen LogP contribution is -2.10. The van der Waals surface area contributed by atoms with Crippen molar-refractivity contribution < 1.29 is 9.53 Å². The van der Waals surface area contributed by atoms with Gasteiger partial charge in [0.25, 0.3) is 0 Å². The molecule has 0 bridgehead atoms. The van der Waals surface area contributed by atoms with Crippen molar-refractivity contribution in [1.29, 1.82) is 0 Å². The maximum Gasteiger partial charge on any atom is 0.141 e. The fraction of sp³-hybridized carbons (Fsp3) is 0.455. The molecule has 3 nitrogen and oxygen atoms in total. The van der Waals surface area contributed by atoms with Crippen LogP contribution >= 0.6 is 0 Å². The number of carbonyl (C=O) groups is 1. The van der Waals surface area contributed by atoms with Gasteiger partial charge in [-0.1, -0.05) is 6.92 Å². The van der Waals surface area contributed by atoms with E-state index in [-0.39, 0.29) is 11.7 Å². The van der Waals surface area contributed by atoms with E-state index in [1.807, 2.05) is 13.0 Å². The van der Waals surface area contributed by atoms with Crippen molar-refractivity contribution in [3.63, 3.8) is 0 Å². The van der Waals surface area contributed by atoms with Crippen molar-refractivity contribution in [1.82, 2.24) is 4.98 Å². The van der Waals surface area contributed by atoms with Gasteiger partial charge < -0.3 is 4.74 Å². The second kappa shape index (κ2) is 4.74. The molecule has 0 saturated heterocycles. The van der Waals surface area contributed by atoms with E-state index in [0.29, 0.717) is 5.75 Å². The molecule has 0 aliphatic heterocycles. The highest BCUT2D eigenvalue weighted by Crippen LogP contribution is 2.26. The molecule has 3 heteroatoms. The second-order valence-electron chi connectivity index (χ2n) is 3.16. The smallest absolute Gasteiger partial charge is 0.141 e. The van der Waals surface area contributed by atoms with Gasteiger partial charge in [0.1, 0.15) is 11.5 Å². The Hall–Kier alpha value is -1.38. The van der Waals surface area contributed by atoms with Gasteiger partial charge >= 0.3 is 0 Å². The number of methoxy groups -OCH3 is 1. The number of nitrogens with zero attached hydrogens (tertiary/aromatic N) is 1. The SMILES string of the molecule is CCC(C(C)=O)c1ncccc1OC. The molecule has 0 spiro atoms. The van der Waals surface area contributed by atoms with Gasteiger partial charge in [0, 0.05) is 6.20 Å². The van der Waals surface area contributed by atoms with Gasteiger partial charge in [-0.25, -0.2) is 0 Å². The lowest BCUT2D eigenvalue weighted by atomic mass is 9.97. The van der Waals surface area contributed by atoms with Gasteiger partial charge in [-0.2, -0.15) is 0 Å². The number of ether oxygens (including phenoxy) is 1. The summed E-state index contributed by atoms with van der Waals surface area (Å²) in [7, 11) is 1.59. The van der Waals surface area contributed by atoms with E-state index in [4.69, 9.17) is 4.74 Å². The Labute approximate surface area is 84.1 Å². The highest BCUT2D eigenvalue weighted by atomic mass is 16.5. The summed E-state index contributed by atoms with van der Waals surface area (Å²) in [5, 5.41) is 0. The number of ketones is 1. The molecule has 0 saturated carbocycles. The monoisotopic (exact) mass is 193 g/mol. The standard InChI is InChI=1S/C11H15NO2/c1-4-9(8(2)13)11-10(14-3)6-5-7-12-11/h5-7,9H,4H2,1-3H3. The number of rotatable bonds is 4. The summed E-state index contributed by atoms with van der Waals surface area (Å²) in [5.41, 5.74) is 0.741. The molecule has 0 N–H and O–H groups in total. The summed E-state index contributed by atoms with van der Waals surface area (Å²) < 4.78 is 5.16. The van der Waals surface area contributed by atoms with E-state index in [2.05, 4.69) is 4.98 Å². The normalized spacial score (nSPS) is 12.2. The van der Waals surface area contributed by atoms with Gasteiger partial charge in [0.05, 0.1) is 18.7 Å². The molecule has 1 unspecified atom stereocenters. The van der Waals surface area contributed by atoms with Gasteiger partial charge in [-0.15, -0.1) is 0 Å². The minimum absolute atomic E-state index is 0.129.